The highest BCUT2D eigenvalue weighted by Gasteiger charge is 2.19. The van der Waals surface area contributed by atoms with Gasteiger partial charge in [0.25, 0.3) is 0 Å². The first-order valence-electron chi connectivity index (χ1n) is 4.58. The van der Waals surface area contributed by atoms with Crippen molar-refractivity contribution in [2.75, 3.05) is 0 Å². The van der Waals surface area contributed by atoms with E-state index in [9.17, 15) is 8.42 Å². The van der Waals surface area contributed by atoms with Crippen molar-refractivity contribution in [3.63, 3.8) is 0 Å². The van der Waals surface area contributed by atoms with E-state index in [1.54, 1.807) is 30.3 Å². The van der Waals surface area contributed by atoms with Gasteiger partial charge < -0.3 is 0 Å². The van der Waals surface area contributed by atoms with Gasteiger partial charge >= 0.3 is 0 Å². The van der Waals surface area contributed by atoms with E-state index >= 15 is 0 Å². The molecule has 0 bridgehead atoms. The number of hydrogen-bond donors (Lipinski definition) is 1. The summed E-state index contributed by atoms with van der Waals surface area (Å²) >= 11 is 5.69. The van der Waals surface area contributed by atoms with Gasteiger partial charge in [-0.15, -0.1) is 0 Å². The van der Waals surface area contributed by atoms with Gasteiger partial charge in [0, 0.05) is 11.6 Å². The molecule has 1 aromatic rings. The summed E-state index contributed by atoms with van der Waals surface area (Å²) in [4.78, 5) is 0. The lowest BCUT2D eigenvalue weighted by Gasteiger charge is -2.07. The number of hydrogen-bond acceptors (Lipinski definition) is 3. The zero-order valence-electron chi connectivity index (χ0n) is 8.64. The van der Waals surface area contributed by atoms with Gasteiger partial charge in [-0.2, -0.15) is 5.26 Å². The largest absolute Gasteiger partial charge is 0.227 e. The Morgan fingerprint density at radius 1 is 1.44 bits per heavy atom. The highest BCUT2D eigenvalue weighted by molar-refractivity contribution is 7.90. The number of halogens is 1. The molecule has 1 atom stereocenters. The molecule has 0 aliphatic carbocycles. The van der Waals surface area contributed by atoms with Crippen LogP contribution in [-0.4, -0.2) is 13.7 Å². The Labute approximate surface area is 99.9 Å². The highest BCUT2D eigenvalue weighted by atomic mass is 35.5. The maximum absolute atomic E-state index is 11.4. The quantitative estimate of drug-likeness (QED) is 0.893. The second-order valence-electron chi connectivity index (χ2n) is 3.26. The van der Waals surface area contributed by atoms with E-state index in [-0.39, 0.29) is 6.54 Å². The van der Waals surface area contributed by atoms with Crippen LogP contribution in [0.5, 0.6) is 0 Å². The molecule has 0 fully saturated rings. The van der Waals surface area contributed by atoms with Crippen LogP contribution in [0, 0.1) is 11.3 Å². The molecule has 0 amide bonds. The molecule has 0 spiro atoms. The Bertz CT molecular complexity index is 491. The Morgan fingerprint density at radius 3 is 2.50 bits per heavy atom. The molecule has 1 rings (SSSR count). The fourth-order valence-electron chi connectivity index (χ4n) is 0.981. The number of nitrogens with one attached hydrogen (secondary N) is 1. The lowest BCUT2D eigenvalue weighted by Crippen LogP contribution is -2.31. The molecule has 0 aromatic heterocycles. The van der Waals surface area contributed by atoms with Gasteiger partial charge in [0.15, 0.2) is 5.25 Å². The molecule has 0 saturated heterocycles. The third kappa shape index (κ3) is 3.49. The van der Waals surface area contributed by atoms with E-state index < -0.39 is 15.3 Å². The van der Waals surface area contributed by atoms with Gasteiger partial charge in [-0.3, -0.25) is 0 Å². The molecule has 6 heteroatoms. The number of rotatable bonds is 4. The predicted molar refractivity (Wildman–Crippen MR) is 62.3 cm³/mol. The van der Waals surface area contributed by atoms with Crippen LogP contribution >= 0.6 is 11.6 Å². The molecule has 0 heterocycles. The molecule has 4 nitrogen and oxygen atoms in total. The molecule has 1 N–H and O–H groups in total. The number of nitriles is 1. The average molecular weight is 259 g/mol. The first-order chi connectivity index (χ1) is 7.45. The van der Waals surface area contributed by atoms with Crippen LogP contribution in [0.1, 0.15) is 12.5 Å². The molecule has 0 aliphatic heterocycles. The SMILES string of the molecule is CC(C#N)S(=O)(=O)NCc1ccc(Cl)cc1. The van der Waals surface area contributed by atoms with Crippen molar-refractivity contribution in [2.45, 2.75) is 18.7 Å². The van der Waals surface area contributed by atoms with Crippen LogP contribution in [0.25, 0.3) is 0 Å². The van der Waals surface area contributed by atoms with Crippen molar-refractivity contribution in [3.8, 4) is 6.07 Å². The monoisotopic (exact) mass is 258 g/mol. The molecule has 86 valence electrons. The zero-order chi connectivity index (χ0) is 12.2. The van der Waals surface area contributed by atoms with Gasteiger partial charge in [0.1, 0.15) is 0 Å². The summed E-state index contributed by atoms with van der Waals surface area (Å²) in [6.07, 6.45) is 0. The Kier molecular flexibility index (Phi) is 4.30. The fraction of sp³-hybridized carbons (Fsp3) is 0.300. The highest BCUT2D eigenvalue weighted by Crippen LogP contribution is 2.09. The number of nitrogens with zero attached hydrogens (tertiary/aromatic N) is 1. The molecule has 16 heavy (non-hydrogen) atoms. The first kappa shape index (κ1) is 13.0. The van der Waals surface area contributed by atoms with Crippen molar-refractivity contribution in [1.29, 1.82) is 5.26 Å². The van der Waals surface area contributed by atoms with Crippen molar-refractivity contribution in [3.05, 3.63) is 34.9 Å². The average Bonchev–Trinajstić information content (AvgIpc) is 2.27. The predicted octanol–water partition coefficient (Wildman–Crippen LogP) is 1.67. The van der Waals surface area contributed by atoms with E-state index in [4.69, 9.17) is 16.9 Å². The summed E-state index contributed by atoms with van der Waals surface area (Å²) in [5.74, 6) is 0. The molecule has 0 saturated carbocycles. The van der Waals surface area contributed by atoms with Crippen LogP contribution in [-0.2, 0) is 16.6 Å². The second-order valence-corrected chi connectivity index (χ2v) is 5.79. The van der Waals surface area contributed by atoms with Gasteiger partial charge in [0.05, 0.1) is 6.07 Å². The molecule has 1 aromatic carbocycles. The minimum Gasteiger partial charge on any atom is -0.211 e. The smallest absolute Gasteiger partial charge is 0.211 e. The van der Waals surface area contributed by atoms with Gasteiger partial charge in [-0.1, -0.05) is 23.7 Å². The van der Waals surface area contributed by atoms with E-state index in [1.165, 1.54) is 6.92 Å². The van der Waals surface area contributed by atoms with Crippen LogP contribution in [0.3, 0.4) is 0 Å². The molecule has 0 aliphatic rings. The standard InChI is InChI=1S/C10H11ClN2O2S/c1-8(6-12)16(14,15)13-7-9-2-4-10(11)5-3-9/h2-5,8,13H,7H2,1H3. The second kappa shape index (κ2) is 5.30. The molecular formula is C10H11ClN2O2S. The summed E-state index contributed by atoms with van der Waals surface area (Å²) in [5.41, 5.74) is 0.790. The summed E-state index contributed by atoms with van der Waals surface area (Å²) in [6, 6.07) is 8.49. The van der Waals surface area contributed by atoms with Gasteiger partial charge in [-0.05, 0) is 24.6 Å². The minimum absolute atomic E-state index is 0.158. The third-order valence-corrected chi connectivity index (χ3v) is 3.87. The maximum Gasteiger partial charge on any atom is 0.227 e. The molecule has 1 unspecified atom stereocenters. The van der Waals surface area contributed by atoms with E-state index in [2.05, 4.69) is 4.72 Å². The molecular weight excluding hydrogens is 248 g/mol. The van der Waals surface area contributed by atoms with Crippen molar-refractivity contribution in [1.82, 2.24) is 4.72 Å². The normalized spacial score (nSPS) is 13.1. The molecule has 0 radical (unpaired) electrons. The van der Waals surface area contributed by atoms with Crippen molar-refractivity contribution < 1.29 is 8.42 Å². The van der Waals surface area contributed by atoms with Crippen LogP contribution < -0.4 is 4.72 Å². The van der Waals surface area contributed by atoms with Crippen LogP contribution in [0.2, 0.25) is 5.02 Å². The van der Waals surface area contributed by atoms with Crippen LogP contribution in [0.4, 0.5) is 0 Å². The zero-order valence-corrected chi connectivity index (χ0v) is 10.2. The maximum atomic E-state index is 11.4. The van der Waals surface area contributed by atoms with Crippen molar-refractivity contribution >= 4 is 21.6 Å². The summed E-state index contributed by atoms with van der Waals surface area (Å²) in [7, 11) is -3.56. The van der Waals surface area contributed by atoms with E-state index in [0.29, 0.717) is 5.02 Å². The third-order valence-electron chi connectivity index (χ3n) is 2.04. The Hall–Kier alpha value is -1.09. The fourth-order valence-corrected chi connectivity index (χ4v) is 1.86. The van der Waals surface area contributed by atoms with Gasteiger partial charge in [0.2, 0.25) is 10.0 Å². The first-order valence-corrected chi connectivity index (χ1v) is 6.50. The topological polar surface area (TPSA) is 70.0 Å². The summed E-state index contributed by atoms with van der Waals surface area (Å²) < 4.78 is 25.2. The van der Waals surface area contributed by atoms with Gasteiger partial charge in [-0.25, -0.2) is 13.1 Å². The lowest BCUT2D eigenvalue weighted by atomic mass is 10.2. The Morgan fingerprint density at radius 2 is 2.00 bits per heavy atom. The van der Waals surface area contributed by atoms with Crippen molar-refractivity contribution in [2.24, 2.45) is 0 Å². The van der Waals surface area contributed by atoms with E-state index in [0.717, 1.165) is 5.56 Å². The summed E-state index contributed by atoms with van der Waals surface area (Å²) in [5, 5.41) is 8.06. The van der Waals surface area contributed by atoms with E-state index in [1.807, 2.05) is 0 Å². The summed E-state index contributed by atoms with van der Waals surface area (Å²) in [6.45, 7) is 1.50. The minimum atomic E-state index is -3.56. The lowest BCUT2D eigenvalue weighted by molar-refractivity contribution is 0.577. The van der Waals surface area contributed by atoms with Crippen LogP contribution in [0.15, 0.2) is 24.3 Å². The number of benzene rings is 1. The Balaban J connectivity index is 2.66. The number of sulfonamides is 1.